The van der Waals surface area contributed by atoms with Crippen LogP contribution in [0.1, 0.15) is 32.3 Å². The lowest BCUT2D eigenvalue weighted by molar-refractivity contribution is 0.617. The zero-order chi connectivity index (χ0) is 13.7. The van der Waals surface area contributed by atoms with Gasteiger partial charge in [-0.2, -0.15) is 0 Å². The van der Waals surface area contributed by atoms with Gasteiger partial charge in [0.25, 0.3) is 0 Å². The summed E-state index contributed by atoms with van der Waals surface area (Å²) < 4.78 is 0. The van der Waals surface area contributed by atoms with E-state index in [0.717, 1.165) is 18.3 Å². The highest BCUT2D eigenvalue weighted by atomic mass is 127. The molecule has 0 aromatic heterocycles. The molecule has 0 aliphatic heterocycles. The van der Waals surface area contributed by atoms with Crippen molar-refractivity contribution in [2.75, 3.05) is 7.05 Å². The fraction of sp³-hybridized carbons (Fsp3) is 0.562. The molecule has 1 aliphatic rings. The van der Waals surface area contributed by atoms with Gasteiger partial charge in [0.1, 0.15) is 0 Å². The molecule has 112 valence electrons. The van der Waals surface area contributed by atoms with Crippen LogP contribution in [0.25, 0.3) is 0 Å². The number of hydrogen-bond donors (Lipinski definition) is 2. The molecule has 1 fully saturated rings. The summed E-state index contributed by atoms with van der Waals surface area (Å²) in [7, 11) is 1.84. The Morgan fingerprint density at radius 3 is 2.65 bits per heavy atom. The molecular weight excluding hydrogens is 361 g/mol. The van der Waals surface area contributed by atoms with Crippen LogP contribution < -0.4 is 10.6 Å². The Labute approximate surface area is 139 Å². The lowest BCUT2D eigenvalue weighted by Crippen LogP contribution is -2.43. The van der Waals surface area contributed by atoms with Crippen molar-refractivity contribution in [3.05, 3.63) is 35.9 Å². The van der Waals surface area contributed by atoms with Crippen LogP contribution in [0, 0.1) is 5.92 Å². The molecule has 3 atom stereocenters. The van der Waals surface area contributed by atoms with E-state index < -0.39 is 0 Å². The highest BCUT2D eigenvalue weighted by molar-refractivity contribution is 14.0. The quantitative estimate of drug-likeness (QED) is 0.463. The molecule has 1 aliphatic carbocycles. The third-order valence-electron chi connectivity index (χ3n) is 3.80. The topological polar surface area (TPSA) is 36.4 Å². The molecule has 0 radical (unpaired) electrons. The molecule has 0 saturated heterocycles. The summed E-state index contributed by atoms with van der Waals surface area (Å²) in [6.45, 7) is 4.36. The molecule has 0 amide bonds. The molecule has 1 aromatic rings. The molecule has 3 unspecified atom stereocenters. The van der Waals surface area contributed by atoms with E-state index in [0.29, 0.717) is 12.1 Å². The molecular formula is C16H26IN3. The Morgan fingerprint density at radius 2 is 2.05 bits per heavy atom. The van der Waals surface area contributed by atoms with Crippen LogP contribution in [0.2, 0.25) is 0 Å². The van der Waals surface area contributed by atoms with Crippen molar-refractivity contribution in [3.8, 4) is 0 Å². The van der Waals surface area contributed by atoms with Gasteiger partial charge in [0.05, 0.1) is 0 Å². The van der Waals surface area contributed by atoms with Crippen LogP contribution in [0.4, 0.5) is 0 Å². The fourth-order valence-corrected chi connectivity index (χ4v) is 2.25. The highest BCUT2D eigenvalue weighted by Gasteiger charge is 2.37. The fourth-order valence-electron chi connectivity index (χ4n) is 2.25. The molecule has 2 rings (SSSR count). The van der Waals surface area contributed by atoms with Gasteiger partial charge in [0.15, 0.2) is 5.96 Å². The highest BCUT2D eigenvalue weighted by Crippen LogP contribution is 2.33. The van der Waals surface area contributed by atoms with Crippen LogP contribution in [0.5, 0.6) is 0 Å². The third-order valence-corrected chi connectivity index (χ3v) is 3.80. The normalized spacial score (nSPS) is 22.6. The van der Waals surface area contributed by atoms with E-state index in [1.165, 1.54) is 18.4 Å². The van der Waals surface area contributed by atoms with Gasteiger partial charge in [-0.05, 0) is 37.7 Å². The molecule has 1 saturated carbocycles. The van der Waals surface area contributed by atoms with E-state index in [-0.39, 0.29) is 24.0 Å². The van der Waals surface area contributed by atoms with Crippen molar-refractivity contribution in [2.24, 2.45) is 10.9 Å². The van der Waals surface area contributed by atoms with Gasteiger partial charge in [0, 0.05) is 19.1 Å². The van der Waals surface area contributed by atoms with E-state index in [2.05, 4.69) is 59.8 Å². The molecule has 1 aromatic carbocycles. The summed E-state index contributed by atoms with van der Waals surface area (Å²) in [6.07, 6.45) is 3.52. The maximum atomic E-state index is 4.29. The Morgan fingerprint density at radius 1 is 1.35 bits per heavy atom. The van der Waals surface area contributed by atoms with E-state index >= 15 is 0 Å². The van der Waals surface area contributed by atoms with Crippen LogP contribution in [-0.2, 0) is 6.42 Å². The first-order valence-electron chi connectivity index (χ1n) is 7.26. The van der Waals surface area contributed by atoms with Gasteiger partial charge in [-0.25, -0.2) is 0 Å². The maximum absolute atomic E-state index is 4.29. The molecule has 20 heavy (non-hydrogen) atoms. The average Bonchev–Trinajstić information content (AvgIpc) is 3.16. The van der Waals surface area contributed by atoms with Crippen LogP contribution in [0.3, 0.4) is 0 Å². The number of nitrogens with one attached hydrogen (secondary N) is 2. The van der Waals surface area contributed by atoms with Crippen molar-refractivity contribution in [3.63, 3.8) is 0 Å². The van der Waals surface area contributed by atoms with E-state index in [4.69, 9.17) is 0 Å². The zero-order valence-corrected chi connectivity index (χ0v) is 14.9. The number of halogens is 1. The van der Waals surface area contributed by atoms with E-state index in [1.807, 2.05) is 7.05 Å². The van der Waals surface area contributed by atoms with Gasteiger partial charge >= 0.3 is 0 Å². The van der Waals surface area contributed by atoms with E-state index in [1.54, 1.807) is 0 Å². The van der Waals surface area contributed by atoms with Gasteiger partial charge in [0.2, 0.25) is 0 Å². The minimum absolute atomic E-state index is 0. The maximum Gasteiger partial charge on any atom is 0.191 e. The Hall–Kier alpha value is -0.780. The van der Waals surface area contributed by atoms with Crippen LogP contribution >= 0.6 is 24.0 Å². The minimum Gasteiger partial charge on any atom is -0.354 e. The second kappa shape index (κ2) is 8.49. The smallest absolute Gasteiger partial charge is 0.191 e. The van der Waals surface area contributed by atoms with Crippen LogP contribution in [-0.4, -0.2) is 25.1 Å². The summed E-state index contributed by atoms with van der Waals surface area (Å²) in [5.41, 5.74) is 1.43. The summed E-state index contributed by atoms with van der Waals surface area (Å²) in [5.74, 6) is 1.69. The number of nitrogens with zero attached hydrogens (tertiary/aromatic N) is 1. The number of guanidine groups is 1. The molecule has 0 heterocycles. The number of aliphatic imine (C=N–C) groups is 1. The first kappa shape index (κ1) is 17.3. The van der Waals surface area contributed by atoms with Crippen molar-refractivity contribution in [2.45, 2.75) is 45.2 Å². The lowest BCUT2D eigenvalue weighted by atomic mass is 10.1. The number of benzene rings is 1. The second-order valence-electron chi connectivity index (χ2n) is 5.46. The zero-order valence-electron chi connectivity index (χ0n) is 12.6. The number of rotatable bonds is 5. The second-order valence-corrected chi connectivity index (χ2v) is 5.46. The standard InChI is InChI=1S/C16H25N3.HI/c1-4-12(2)18-16(17-3)19-15-11-14(15)10-13-8-6-5-7-9-13;/h5-9,12,14-15H,4,10-11H2,1-3H3,(H2,17,18,19);1H. The van der Waals surface area contributed by atoms with Crippen molar-refractivity contribution >= 4 is 29.9 Å². The number of hydrogen-bond acceptors (Lipinski definition) is 1. The largest absolute Gasteiger partial charge is 0.354 e. The first-order valence-corrected chi connectivity index (χ1v) is 7.26. The summed E-state index contributed by atoms with van der Waals surface area (Å²) in [4.78, 5) is 4.29. The Balaban J connectivity index is 0.00000200. The minimum atomic E-state index is 0. The van der Waals surface area contributed by atoms with Crippen molar-refractivity contribution in [1.29, 1.82) is 0 Å². The van der Waals surface area contributed by atoms with Crippen molar-refractivity contribution in [1.82, 2.24) is 10.6 Å². The van der Waals surface area contributed by atoms with Gasteiger partial charge in [-0.3, -0.25) is 4.99 Å². The van der Waals surface area contributed by atoms with E-state index in [9.17, 15) is 0 Å². The molecule has 3 nitrogen and oxygen atoms in total. The average molecular weight is 387 g/mol. The van der Waals surface area contributed by atoms with Crippen LogP contribution in [0.15, 0.2) is 35.3 Å². The summed E-state index contributed by atoms with van der Waals surface area (Å²) in [5, 5.41) is 6.93. The monoisotopic (exact) mass is 387 g/mol. The SMILES string of the molecule is CCC(C)NC(=NC)NC1CC1Cc1ccccc1.I. The summed E-state index contributed by atoms with van der Waals surface area (Å²) in [6, 6.07) is 11.8. The predicted molar refractivity (Wildman–Crippen MR) is 96.8 cm³/mol. The third kappa shape index (κ3) is 5.31. The first-order chi connectivity index (χ1) is 9.22. The Bertz CT molecular complexity index is 419. The summed E-state index contributed by atoms with van der Waals surface area (Å²) >= 11 is 0. The molecule has 0 bridgehead atoms. The Kier molecular flexibility index (Phi) is 7.34. The molecule has 2 N–H and O–H groups in total. The van der Waals surface area contributed by atoms with Gasteiger partial charge < -0.3 is 10.6 Å². The molecule has 4 heteroatoms. The molecule has 0 spiro atoms. The lowest BCUT2D eigenvalue weighted by Gasteiger charge is -2.16. The van der Waals surface area contributed by atoms with Gasteiger partial charge in [-0.15, -0.1) is 24.0 Å². The van der Waals surface area contributed by atoms with Crippen molar-refractivity contribution < 1.29 is 0 Å². The van der Waals surface area contributed by atoms with Gasteiger partial charge in [-0.1, -0.05) is 37.3 Å². The predicted octanol–water partition coefficient (Wildman–Crippen LogP) is 3.20.